The van der Waals surface area contributed by atoms with Crippen LogP contribution in [0, 0.1) is 0 Å². The van der Waals surface area contributed by atoms with Crippen LogP contribution in [-0.4, -0.2) is 17.4 Å². The normalized spacial score (nSPS) is 12.0. The van der Waals surface area contributed by atoms with E-state index in [2.05, 4.69) is 0 Å². The minimum absolute atomic E-state index is 0.0000463. The van der Waals surface area contributed by atoms with E-state index in [4.69, 9.17) is 17.3 Å². The minimum atomic E-state index is -0.0164. The molecule has 0 spiro atoms. The van der Waals surface area contributed by atoms with E-state index < -0.39 is 0 Å². The van der Waals surface area contributed by atoms with Gasteiger partial charge in [-0.25, -0.2) is 0 Å². The number of anilines is 1. The van der Waals surface area contributed by atoms with Crippen LogP contribution in [0.5, 0.6) is 0 Å². The monoisotopic (exact) mass is 302 g/mol. The summed E-state index contributed by atoms with van der Waals surface area (Å²) in [5.41, 5.74) is 8.02. The van der Waals surface area contributed by atoms with Crippen LogP contribution in [0.1, 0.15) is 35.8 Å². The molecule has 0 saturated carbocycles. The summed E-state index contributed by atoms with van der Waals surface area (Å²) in [4.78, 5) is 14.5. The first-order valence-electron chi connectivity index (χ1n) is 6.95. The van der Waals surface area contributed by atoms with E-state index in [9.17, 15) is 4.79 Å². The van der Waals surface area contributed by atoms with Crippen LogP contribution in [0.25, 0.3) is 0 Å². The summed E-state index contributed by atoms with van der Waals surface area (Å²) in [7, 11) is 0. The highest BCUT2D eigenvalue weighted by Gasteiger charge is 2.21. The largest absolute Gasteiger partial charge is 0.399 e. The Morgan fingerprint density at radius 3 is 2.24 bits per heavy atom. The summed E-state index contributed by atoms with van der Waals surface area (Å²) in [6.07, 6.45) is 0. The van der Waals surface area contributed by atoms with E-state index in [1.165, 1.54) is 0 Å². The molecule has 2 N–H and O–H groups in total. The Morgan fingerprint density at radius 2 is 1.71 bits per heavy atom. The molecule has 0 unspecified atom stereocenters. The van der Waals surface area contributed by atoms with Gasteiger partial charge in [0.1, 0.15) is 0 Å². The molecule has 0 radical (unpaired) electrons. The molecule has 0 bridgehead atoms. The van der Waals surface area contributed by atoms with Crippen molar-refractivity contribution in [3.05, 3.63) is 64.7 Å². The Labute approximate surface area is 130 Å². The van der Waals surface area contributed by atoms with Gasteiger partial charge in [0.2, 0.25) is 0 Å². The van der Waals surface area contributed by atoms with Crippen LogP contribution in [0.15, 0.2) is 48.5 Å². The molecule has 2 rings (SSSR count). The first-order valence-corrected chi connectivity index (χ1v) is 7.32. The third kappa shape index (κ3) is 3.56. The summed E-state index contributed by atoms with van der Waals surface area (Å²) in [6, 6.07) is 14.6. The predicted octanol–water partition coefficient (Wildman–Crippen LogP) is 4.15. The molecule has 1 atom stereocenters. The van der Waals surface area contributed by atoms with Gasteiger partial charge in [-0.2, -0.15) is 0 Å². The number of nitrogens with zero attached hydrogens (tertiary/aromatic N) is 1. The molecular formula is C17H19ClN2O. The van der Waals surface area contributed by atoms with Gasteiger partial charge >= 0.3 is 0 Å². The highest BCUT2D eigenvalue weighted by molar-refractivity contribution is 6.30. The fourth-order valence-electron chi connectivity index (χ4n) is 2.31. The molecule has 1 amide bonds. The lowest BCUT2D eigenvalue weighted by atomic mass is 10.1. The van der Waals surface area contributed by atoms with E-state index in [0.717, 1.165) is 5.56 Å². The molecule has 4 heteroatoms. The quantitative estimate of drug-likeness (QED) is 0.863. The fraction of sp³-hybridized carbons (Fsp3) is 0.235. The van der Waals surface area contributed by atoms with Crippen LogP contribution in [-0.2, 0) is 0 Å². The lowest BCUT2D eigenvalue weighted by Gasteiger charge is -2.28. The van der Waals surface area contributed by atoms with E-state index in [0.29, 0.717) is 22.8 Å². The van der Waals surface area contributed by atoms with Crippen molar-refractivity contribution in [2.24, 2.45) is 0 Å². The third-order valence-electron chi connectivity index (χ3n) is 3.58. The SMILES string of the molecule is CCN(C(=O)c1ccc(N)cc1)[C@H](C)c1ccc(Cl)cc1. The van der Waals surface area contributed by atoms with Gasteiger partial charge in [-0.15, -0.1) is 0 Å². The van der Waals surface area contributed by atoms with Crippen molar-refractivity contribution in [1.29, 1.82) is 0 Å². The molecule has 0 aliphatic heterocycles. The van der Waals surface area contributed by atoms with E-state index in [-0.39, 0.29) is 11.9 Å². The zero-order valence-electron chi connectivity index (χ0n) is 12.2. The average molecular weight is 303 g/mol. The van der Waals surface area contributed by atoms with Gasteiger partial charge < -0.3 is 10.6 Å². The molecule has 0 aromatic heterocycles. The van der Waals surface area contributed by atoms with Gasteiger partial charge in [0.15, 0.2) is 0 Å². The number of amides is 1. The lowest BCUT2D eigenvalue weighted by molar-refractivity contribution is 0.0702. The third-order valence-corrected chi connectivity index (χ3v) is 3.83. The molecule has 2 aromatic rings. The summed E-state index contributed by atoms with van der Waals surface area (Å²) in [6.45, 7) is 4.62. The van der Waals surface area contributed by atoms with Crippen LogP contribution >= 0.6 is 11.6 Å². The van der Waals surface area contributed by atoms with Gasteiger partial charge in [-0.05, 0) is 55.8 Å². The van der Waals surface area contributed by atoms with Crippen LogP contribution in [0.4, 0.5) is 5.69 Å². The lowest BCUT2D eigenvalue weighted by Crippen LogP contribution is -2.33. The zero-order valence-corrected chi connectivity index (χ0v) is 13.0. The smallest absolute Gasteiger partial charge is 0.254 e. The Hall–Kier alpha value is -2.00. The van der Waals surface area contributed by atoms with Gasteiger partial charge in [0, 0.05) is 22.8 Å². The standard InChI is InChI=1S/C17H19ClN2O/c1-3-20(12(2)13-4-8-15(18)9-5-13)17(21)14-6-10-16(19)11-7-14/h4-12H,3,19H2,1-2H3/t12-/m1/s1. The summed E-state index contributed by atoms with van der Waals surface area (Å²) < 4.78 is 0. The topological polar surface area (TPSA) is 46.3 Å². The highest BCUT2D eigenvalue weighted by Crippen LogP contribution is 2.23. The summed E-state index contributed by atoms with van der Waals surface area (Å²) in [5.74, 6) is -0.0000463. The Balaban J connectivity index is 2.23. The number of hydrogen-bond acceptors (Lipinski definition) is 2. The number of benzene rings is 2. The van der Waals surface area contributed by atoms with Crippen molar-refractivity contribution in [2.45, 2.75) is 19.9 Å². The van der Waals surface area contributed by atoms with Crippen molar-refractivity contribution in [1.82, 2.24) is 4.90 Å². The second kappa shape index (κ2) is 6.64. The van der Waals surface area contributed by atoms with Crippen LogP contribution in [0.2, 0.25) is 5.02 Å². The number of hydrogen-bond donors (Lipinski definition) is 1. The second-order valence-electron chi connectivity index (χ2n) is 4.94. The van der Waals surface area contributed by atoms with Crippen LogP contribution in [0.3, 0.4) is 0 Å². The first-order chi connectivity index (χ1) is 10.0. The summed E-state index contributed by atoms with van der Waals surface area (Å²) in [5, 5.41) is 0.693. The Bertz CT molecular complexity index is 608. The average Bonchev–Trinajstić information content (AvgIpc) is 2.49. The van der Waals surface area contributed by atoms with E-state index >= 15 is 0 Å². The molecule has 2 aromatic carbocycles. The highest BCUT2D eigenvalue weighted by atomic mass is 35.5. The van der Waals surface area contributed by atoms with Gasteiger partial charge in [-0.1, -0.05) is 23.7 Å². The predicted molar refractivity (Wildman–Crippen MR) is 87.4 cm³/mol. The van der Waals surface area contributed by atoms with Crippen LogP contribution < -0.4 is 5.73 Å². The molecular weight excluding hydrogens is 284 g/mol. The van der Waals surface area contributed by atoms with Crippen molar-refractivity contribution >= 4 is 23.2 Å². The van der Waals surface area contributed by atoms with Gasteiger partial charge in [0.25, 0.3) is 5.91 Å². The van der Waals surface area contributed by atoms with Gasteiger partial charge in [0.05, 0.1) is 6.04 Å². The van der Waals surface area contributed by atoms with Crippen molar-refractivity contribution < 1.29 is 4.79 Å². The molecule has 110 valence electrons. The van der Waals surface area contributed by atoms with Crippen molar-refractivity contribution in [3.8, 4) is 0 Å². The fourth-order valence-corrected chi connectivity index (χ4v) is 2.43. The number of nitrogen functional groups attached to an aromatic ring is 1. The number of rotatable bonds is 4. The molecule has 0 aliphatic carbocycles. The first kappa shape index (κ1) is 15.4. The number of carbonyl (C=O) groups is 1. The molecule has 3 nitrogen and oxygen atoms in total. The van der Waals surface area contributed by atoms with Crippen molar-refractivity contribution in [2.75, 3.05) is 12.3 Å². The zero-order chi connectivity index (χ0) is 15.4. The van der Waals surface area contributed by atoms with E-state index in [1.807, 2.05) is 43.0 Å². The molecule has 21 heavy (non-hydrogen) atoms. The maximum Gasteiger partial charge on any atom is 0.254 e. The minimum Gasteiger partial charge on any atom is -0.399 e. The maximum absolute atomic E-state index is 12.6. The van der Waals surface area contributed by atoms with Gasteiger partial charge in [-0.3, -0.25) is 4.79 Å². The maximum atomic E-state index is 12.6. The summed E-state index contributed by atoms with van der Waals surface area (Å²) >= 11 is 5.91. The number of carbonyl (C=O) groups excluding carboxylic acids is 1. The Morgan fingerprint density at radius 1 is 1.14 bits per heavy atom. The molecule has 0 saturated heterocycles. The molecule has 0 aliphatic rings. The van der Waals surface area contributed by atoms with E-state index in [1.54, 1.807) is 24.3 Å². The number of halogens is 1. The Kier molecular flexibility index (Phi) is 4.86. The van der Waals surface area contributed by atoms with Crippen molar-refractivity contribution in [3.63, 3.8) is 0 Å². The molecule has 0 heterocycles. The molecule has 0 fully saturated rings. The second-order valence-corrected chi connectivity index (χ2v) is 5.38. The number of nitrogens with two attached hydrogens (primary N) is 1.